The van der Waals surface area contributed by atoms with Crippen LogP contribution in [-0.2, 0) is 10.4 Å². The quantitative estimate of drug-likeness (QED) is 0.592. The van der Waals surface area contributed by atoms with Crippen LogP contribution in [0.2, 0.25) is 0 Å². The highest BCUT2D eigenvalue weighted by Gasteiger charge is 2.60. The van der Waals surface area contributed by atoms with E-state index < -0.39 is 11.6 Å². The third kappa shape index (κ3) is 1.85. The maximum Gasteiger partial charge on any atom is 0.266 e. The minimum Gasteiger partial charge on any atom is -0.373 e. The van der Waals surface area contributed by atoms with E-state index in [1.54, 1.807) is 11.0 Å². The third-order valence-corrected chi connectivity index (χ3v) is 4.71. The van der Waals surface area contributed by atoms with Gasteiger partial charge >= 0.3 is 0 Å². The van der Waals surface area contributed by atoms with Gasteiger partial charge < -0.3 is 5.11 Å². The zero-order valence-electron chi connectivity index (χ0n) is 13.1. The molecule has 3 aromatic rings. The maximum atomic E-state index is 12.9. The fraction of sp³-hybridized carbons (Fsp3) is 0.0952. The van der Waals surface area contributed by atoms with Crippen molar-refractivity contribution < 1.29 is 9.90 Å². The van der Waals surface area contributed by atoms with E-state index in [-0.39, 0.29) is 5.91 Å². The molecule has 1 heterocycles. The summed E-state index contributed by atoms with van der Waals surface area (Å²) in [6, 6.07) is 22.3. The number of hydrogen-bond acceptors (Lipinski definition) is 2. The second kappa shape index (κ2) is 5.32. The number of rotatable bonds is 3. The number of benzene rings is 3. The predicted octanol–water partition coefficient (Wildman–Crippen LogP) is 3.63. The van der Waals surface area contributed by atoms with E-state index in [2.05, 4.69) is 6.58 Å². The predicted molar refractivity (Wildman–Crippen MR) is 95.8 cm³/mol. The van der Waals surface area contributed by atoms with Crippen LogP contribution < -0.4 is 4.90 Å². The van der Waals surface area contributed by atoms with Crippen molar-refractivity contribution >= 4 is 22.4 Å². The smallest absolute Gasteiger partial charge is 0.266 e. The molecule has 1 aliphatic rings. The van der Waals surface area contributed by atoms with Crippen molar-refractivity contribution in [2.45, 2.75) is 11.6 Å². The fourth-order valence-corrected chi connectivity index (χ4v) is 3.53. The fourth-order valence-electron chi connectivity index (χ4n) is 3.53. The summed E-state index contributed by atoms with van der Waals surface area (Å²) in [4.78, 5) is 14.5. The van der Waals surface area contributed by atoms with Crippen LogP contribution in [-0.4, -0.2) is 17.1 Å². The molecule has 2 unspecified atom stereocenters. The second-order valence-electron chi connectivity index (χ2n) is 5.98. The highest BCUT2D eigenvalue weighted by molar-refractivity contribution is 6.11. The van der Waals surface area contributed by atoms with Gasteiger partial charge in [-0.05, 0) is 22.9 Å². The molecule has 3 heteroatoms. The van der Waals surface area contributed by atoms with E-state index >= 15 is 0 Å². The molecule has 118 valence electrons. The van der Waals surface area contributed by atoms with Crippen molar-refractivity contribution in [1.82, 2.24) is 0 Å². The average molecular weight is 315 g/mol. The molecule has 0 aliphatic carbocycles. The number of amides is 1. The van der Waals surface area contributed by atoms with Crippen molar-refractivity contribution in [2.24, 2.45) is 0 Å². The topological polar surface area (TPSA) is 40.5 Å². The number of carbonyl (C=O) groups is 1. The summed E-state index contributed by atoms with van der Waals surface area (Å²) in [5.74, 6) is -0.324. The number of β-lactam (4-membered cyclic amide) rings is 1. The SMILES string of the molecule is C=CC1N(c2ccccc2)C(=O)C1(O)c1cccc2ccccc12. The minimum atomic E-state index is -1.58. The van der Waals surface area contributed by atoms with E-state index in [0.717, 1.165) is 16.5 Å². The lowest BCUT2D eigenvalue weighted by Gasteiger charge is -2.52. The number of aliphatic hydroxyl groups is 1. The van der Waals surface area contributed by atoms with Crippen LogP contribution in [0, 0.1) is 0 Å². The van der Waals surface area contributed by atoms with Gasteiger partial charge in [-0.3, -0.25) is 9.69 Å². The first-order chi connectivity index (χ1) is 11.7. The first-order valence-electron chi connectivity index (χ1n) is 7.90. The molecule has 1 aliphatic heterocycles. The molecule has 3 aromatic carbocycles. The molecule has 0 aromatic heterocycles. The zero-order chi connectivity index (χ0) is 16.7. The molecule has 1 fully saturated rings. The van der Waals surface area contributed by atoms with Gasteiger partial charge in [0.1, 0.15) is 0 Å². The molecule has 0 saturated carbocycles. The largest absolute Gasteiger partial charge is 0.373 e. The van der Waals surface area contributed by atoms with Crippen molar-refractivity contribution in [3.63, 3.8) is 0 Å². The Balaban J connectivity index is 1.85. The van der Waals surface area contributed by atoms with E-state index in [0.29, 0.717) is 5.56 Å². The van der Waals surface area contributed by atoms with Gasteiger partial charge in [-0.2, -0.15) is 0 Å². The summed E-state index contributed by atoms with van der Waals surface area (Å²) in [6.45, 7) is 3.84. The Kier molecular flexibility index (Phi) is 3.25. The average Bonchev–Trinajstić information content (AvgIpc) is 2.65. The number of carbonyl (C=O) groups excluding carboxylic acids is 1. The van der Waals surface area contributed by atoms with E-state index in [9.17, 15) is 9.90 Å². The Hall–Kier alpha value is -2.91. The number of fused-ring (bicyclic) bond motifs is 1. The van der Waals surface area contributed by atoms with Crippen LogP contribution in [0.1, 0.15) is 5.56 Å². The molecule has 24 heavy (non-hydrogen) atoms. The molecular weight excluding hydrogens is 298 g/mol. The molecular formula is C21H17NO2. The van der Waals surface area contributed by atoms with Gasteiger partial charge in [0.25, 0.3) is 5.91 Å². The molecule has 4 rings (SSSR count). The van der Waals surface area contributed by atoms with Crippen molar-refractivity contribution in [3.05, 3.63) is 91.0 Å². The van der Waals surface area contributed by atoms with Crippen molar-refractivity contribution in [2.75, 3.05) is 4.90 Å². The van der Waals surface area contributed by atoms with Gasteiger partial charge in [0.15, 0.2) is 5.60 Å². The Morgan fingerprint density at radius 1 is 0.958 bits per heavy atom. The molecule has 1 amide bonds. The Labute approximate surface area is 140 Å². The normalized spacial score (nSPS) is 23.1. The first-order valence-corrected chi connectivity index (χ1v) is 7.90. The van der Waals surface area contributed by atoms with Crippen LogP contribution in [0.3, 0.4) is 0 Å². The van der Waals surface area contributed by atoms with Gasteiger partial charge in [-0.1, -0.05) is 66.7 Å². The van der Waals surface area contributed by atoms with Crippen LogP contribution in [0.5, 0.6) is 0 Å². The van der Waals surface area contributed by atoms with Gasteiger partial charge in [0.2, 0.25) is 0 Å². The summed E-state index contributed by atoms with van der Waals surface area (Å²) < 4.78 is 0. The van der Waals surface area contributed by atoms with E-state index in [1.807, 2.05) is 72.8 Å². The van der Waals surface area contributed by atoms with Crippen molar-refractivity contribution in [1.29, 1.82) is 0 Å². The summed E-state index contributed by atoms with van der Waals surface area (Å²) in [5.41, 5.74) is -0.196. The van der Waals surface area contributed by atoms with Crippen LogP contribution in [0.15, 0.2) is 85.5 Å². The minimum absolute atomic E-state index is 0.324. The molecule has 2 atom stereocenters. The van der Waals surface area contributed by atoms with Gasteiger partial charge in [0, 0.05) is 11.3 Å². The monoisotopic (exact) mass is 315 g/mol. The van der Waals surface area contributed by atoms with Gasteiger partial charge in [-0.25, -0.2) is 0 Å². The number of nitrogens with zero attached hydrogens (tertiary/aromatic N) is 1. The zero-order valence-corrected chi connectivity index (χ0v) is 13.1. The number of anilines is 1. The Morgan fingerprint density at radius 3 is 2.38 bits per heavy atom. The summed E-state index contributed by atoms with van der Waals surface area (Å²) in [6.07, 6.45) is 1.64. The standard InChI is InChI=1S/C21H17NO2/c1-2-19-21(24,20(23)22(19)16-11-4-3-5-12-16)18-14-8-10-15-9-6-7-13-17(15)18/h2-14,19,24H,1H2. The van der Waals surface area contributed by atoms with Crippen LogP contribution in [0.4, 0.5) is 5.69 Å². The molecule has 3 nitrogen and oxygen atoms in total. The molecule has 0 radical (unpaired) electrons. The summed E-state index contributed by atoms with van der Waals surface area (Å²) in [5, 5.41) is 13.2. The first kappa shape index (κ1) is 14.7. The van der Waals surface area contributed by atoms with E-state index in [1.165, 1.54) is 0 Å². The van der Waals surface area contributed by atoms with Gasteiger partial charge in [-0.15, -0.1) is 6.58 Å². The molecule has 0 bridgehead atoms. The number of para-hydroxylation sites is 1. The maximum absolute atomic E-state index is 12.9. The third-order valence-electron chi connectivity index (χ3n) is 4.71. The lowest BCUT2D eigenvalue weighted by Crippen LogP contribution is -2.71. The number of hydrogen-bond donors (Lipinski definition) is 1. The Morgan fingerprint density at radius 2 is 1.62 bits per heavy atom. The highest BCUT2D eigenvalue weighted by Crippen LogP contribution is 2.45. The molecule has 0 spiro atoms. The Bertz CT molecular complexity index is 929. The van der Waals surface area contributed by atoms with Crippen LogP contribution in [0.25, 0.3) is 10.8 Å². The van der Waals surface area contributed by atoms with Crippen LogP contribution >= 0.6 is 0 Å². The second-order valence-corrected chi connectivity index (χ2v) is 5.98. The molecule has 1 saturated heterocycles. The van der Waals surface area contributed by atoms with E-state index in [4.69, 9.17) is 0 Å². The lowest BCUT2D eigenvalue weighted by molar-refractivity contribution is -0.151. The van der Waals surface area contributed by atoms with Crippen molar-refractivity contribution in [3.8, 4) is 0 Å². The lowest BCUT2D eigenvalue weighted by atomic mass is 9.74. The van der Waals surface area contributed by atoms with Gasteiger partial charge in [0.05, 0.1) is 6.04 Å². The molecule has 1 N–H and O–H groups in total. The summed E-state index contributed by atoms with van der Waals surface area (Å²) in [7, 11) is 0. The summed E-state index contributed by atoms with van der Waals surface area (Å²) >= 11 is 0. The highest BCUT2D eigenvalue weighted by atomic mass is 16.3.